The minimum atomic E-state index is -1.04. The van der Waals surface area contributed by atoms with Crippen molar-refractivity contribution in [3.05, 3.63) is 0 Å². The zero-order chi connectivity index (χ0) is 15.3. The first-order valence-electron chi connectivity index (χ1n) is 6.83. The van der Waals surface area contributed by atoms with Crippen LogP contribution in [0.3, 0.4) is 0 Å². The first kappa shape index (κ1) is 16.3. The summed E-state index contributed by atoms with van der Waals surface area (Å²) in [4.78, 5) is 35.8. The Morgan fingerprint density at radius 1 is 1.45 bits per heavy atom. The Morgan fingerprint density at radius 2 is 2.10 bits per heavy atom. The molecule has 114 valence electrons. The van der Waals surface area contributed by atoms with Crippen LogP contribution >= 0.6 is 0 Å². The van der Waals surface area contributed by atoms with Crippen LogP contribution in [0.1, 0.15) is 33.1 Å². The van der Waals surface area contributed by atoms with E-state index in [1.54, 1.807) is 11.9 Å². The van der Waals surface area contributed by atoms with Crippen LogP contribution in [0.25, 0.3) is 0 Å². The van der Waals surface area contributed by atoms with Crippen LogP contribution in [0.2, 0.25) is 0 Å². The van der Waals surface area contributed by atoms with Gasteiger partial charge in [0.05, 0.1) is 0 Å². The maximum atomic E-state index is 11.8. The van der Waals surface area contributed by atoms with Crippen molar-refractivity contribution < 1.29 is 19.5 Å². The first-order valence-corrected chi connectivity index (χ1v) is 6.83. The van der Waals surface area contributed by atoms with E-state index in [0.717, 1.165) is 0 Å². The minimum absolute atomic E-state index is 0.0617. The number of piperidine rings is 1. The van der Waals surface area contributed by atoms with Gasteiger partial charge in [0.1, 0.15) is 6.04 Å². The third kappa shape index (κ3) is 5.07. The predicted molar refractivity (Wildman–Crippen MR) is 73.2 cm³/mol. The van der Waals surface area contributed by atoms with E-state index < -0.39 is 18.0 Å². The summed E-state index contributed by atoms with van der Waals surface area (Å²) in [6.07, 6.45) is 1.36. The standard InChI is InChI=1S/C13H23N3O4/c1-8(2)6-10(12(18)19)15-13(20)14-9-4-5-11(17)16(3)7-9/h8-10H,4-7H2,1-3H3,(H,18,19)(H2,14,15,20). The molecule has 0 aliphatic carbocycles. The van der Waals surface area contributed by atoms with Gasteiger partial charge in [-0.25, -0.2) is 9.59 Å². The highest BCUT2D eigenvalue weighted by Gasteiger charge is 2.26. The lowest BCUT2D eigenvalue weighted by molar-refractivity contribution is -0.139. The zero-order valence-corrected chi connectivity index (χ0v) is 12.2. The summed E-state index contributed by atoms with van der Waals surface area (Å²) in [5.74, 6) is -0.800. The molecule has 0 aromatic heterocycles. The third-order valence-electron chi connectivity index (χ3n) is 3.27. The molecule has 1 rings (SSSR count). The Hall–Kier alpha value is -1.79. The van der Waals surface area contributed by atoms with Crippen molar-refractivity contribution in [1.82, 2.24) is 15.5 Å². The van der Waals surface area contributed by atoms with Crippen molar-refractivity contribution in [2.24, 2.45) is 5.92 Å². The number of carbonyl (C=O) groups is 3. The van der Waals surface area contributed by atoms with Crippen molar-refractivity contribution in [3.8, 4) is 0 Å². The van der Waals surface area contributed by atoms with Crippen LogP contribution in [-0.4, -0.2) is 53.6 Å². The van der Waals surface area contributed by atoms with Crippen LogP contribution in [0.4, 0.5) is 4.79 Å². The fraction of sp³-hybridized carbons (Fsp3) is 0.769. The molecule has 1 aliphatic rings. The van der Waals surface area contributed by atoms with Gasteiger partial charge in [-0.05, 0) is 18.8 Å². The average molecular weight is 285 g/mol. The molecule has 1 saturated heterocycles. The monoisotopic (exact) mass is 285 g/mol. The van der Waals surface area contributed by atoms with E-state index in [2.05, 4.69) is 10.6 Å². The Balaban J connectivity index is 2.45. The second-order valence-electron chi connectivity index (χ2n) is 5.65. The fourth-order valence-electron chi connectivity index (χ4n) is 2.21. The number of hydrogen-bond acceptors (Lipinski definition) is 3. The number of amides is 3. The van der Waals surface area contributed by atoms with Gasteiger partial charge in [0.25, 0.3) is 0 Å². The summed E-state index contributed by atoms with van der Waals surface area (Å²) in [6.45, 7) is 4.25. The predicted octanol–water partition coefficient (Wildman–Crippen LogP) is 0.406. The molecule has 1 heterocycles. The molecule has 7 heteroatoms. The van der Waals surface area contributed by atoms with Crippen LogP contribution in [0.5, 0.6) is 0 Å². The fourth-order valence-corrected chi connectivity index (χ4v) is 2.21. The van der Waals surface area contributed by atoms with Crippen LogP contribution in [0.15, 0.2) is 0 Å². The normalized spacial score (nSPS) is 20.7. The topological polar surface area (TPSA) is 98.7 Å². The number of hydrogen-bond donors (Lipinski definition) is 3. The second kappa shape index (κ2) is 7.12. The molecule has 2 atom stereocenters. The van der Waals surface area contributed by atoms with Gasteiger partial charge in [0.15, 0.2) is 0 Å². The van der Waals surface area contributed by atoms with E-state index >= 15 is 0 Å². The van der Waals surface area contributed by atoms with Gasteiger partial charge >= 0.3 is 12.0 Å². The lowest BCUT2D eigenvalue weighted by atomic mass is 10.0. The maximum Gasteiger partial charge on any atom is 0.326 e. The van der Waals surface area contributed by atoms with E-state index in [9.17, 15) is 14.4 Å². The largest absolute Gasteiger partial charge is 0.480 e. The van der Waals surface area contributed by atoms with Gasteiger partial charge in [-0.3, -0.25) is 4.79 Å². The summed E-state index contributed by atoms with van der Waals surface area (Å²) in [5.41, 5.74) is 0. The lowest BCUT2D eigenvalue weighted by Crippen LogP contribution is -2.54. The smallest absolute Gasteiger partial charge is 0.326 e. The SMILES string of the molecule is CC(C)CC(NC(=O)NC1CCC(=O)N(C)C1)C(=O)O. The highest BCUT2D eigenvalue weighted by Crippen LogP contribution is 2.10. The van der Waals surface area contributed by atoms with Gasteiger partial charge in [-0.2, -0.15) is 0 Å². The molecule has 7 nitrogen and oxygen atoms in total. The average Bonchev–Trinajstić information content (AvgIpc) is 2.32. The molecule has 0 aromatic rings. The van der Waals surface area contributed by atoms with Crippen LogP contribution in [-0.2, 0) is 9.59 Å². The highest BCUT2D eigenvalue weighted by atomic mass is 16.4. The Labute approximate surface area is 118 Å². The molecule has 20 heavy (non-hydrogen) atoms. The third-order valence-corrected chi connectivity index (χ3v) is 3.27. The molecule has 0 radical (unpaired) electrons. The number of nitrogens with zero attached hydrogens (tertiary/aromatic N) is 1. The van der Waals surface area contributed by atoms with Gasteiger partial charge in [-0.1, -0.05) is 13.8 Å². The highest BCUT2D eigenvalue weighted by molar-refractivity contribution is 5.83. The molecule has 2 unspecified atom stereocenters. The van der Waals surface area contributed by atoms with Crippen molar-refractivity contribution >= 4 is 17.9 Å². The Bertz CT molecular complexity index is 384. The summed E-state index contributed by atoms with van der Waals surface area (Å²) in [7, 11) is 1.69. The van der Waals surface area contributed by atoms with Crippen molar-refractivity contribution in [2.75, 3.05) is 13.6 Å². The maximum absolute atomic E-state index is 11.8. The van der Waals surface area contributed by atoms with E-state index in [-0.39, 0.29) is 17.9 Å². The van der Waals surface area contributed by atoms with Gasteiger partial charge in [0, 0.05) is 26.1 Å². The molecular formula is C13H23N3O4. The number of nitrogens with one attached hydrogen (secondary N) is 2. The number of likely N-dealkylation sites (tertiary alicyclic amines) is 1. The number of carbonyl (C=O) groups excluding carboxylic acids is 2. The Morgan fingerprint density at radius 3 is 2.60 bits per heavy atom. The van der Waals surface area contributed by atoms with E-state index in [4.69, 9.17) is 5.11 Å². The molecule has 3 amide bonds. The first-order chi connectivity index (χ1) is 9.29. The van der Waals surface area contributed by atoms with Crippen molar-refractivity contribution in [1.29, 1.82) is 0 Å². The number of aliphatic carboxylic acids is 1. The molecule has 0 aromatic carbocycles. The van der Waals surface area contributed by atoms with Crippen LogP contribution < -0.4 is 10.6 Å². The van der Waals surface area contributed by atoms with Crippen molar-refractivity contribution in [3.63, 3.8) is 0 Å². The number of carboxylic acids is 1. The number of likely N-dealkylation sites (N-methyl/N-ethyl adjacent to an activating group) is 1. The molecule has 1 fully saturated rings. The number of urea groups is 1. The van der Waals surface area contributed by atoms with Gasteiger partial charge < -0.3 is 20.6 Å². The molecule has 0 saturated carbocycles. The lowest BCUT2D eigenvalue weighted by Gasteiger charge is -2.30. The molecule has 1 aliphatic heterocycles. The van der Waals surface area contributed by atoms with Gasteiger partial charge in [0.2, 0.25) is 5.91 Å². The molecule has 0 bridgehead atoms. The summed E-state index contributed by atoms with van der Waals surface area (Å²) < 4.78 is 0. The van der Waals surface area contributed by atoms with Crippen molar-refractivity contribution in [2.45, 2.75) is 45.2 Å². The molecule has 0 spiro atoms. The molecular weight excluding hydrogens is 262 g/mol. The number of carboxylic acid groups (broad SMARTS) is 1. The van der Waals surface area contributed by atoms with Crippen LogP contribution in [0, 0.1) is 5.92 Å². The van der Waals surface area contributed by atoms with E-state index in [0.29, 0.717) is 25.8 Å². The van der Waals surface area contributed by atoms with E-state index in [1.807, 2.05) is 13.8 Å². The quantitative estimate of drug-likeness (QED) is 0.681. The molecule has 3 N–H and O–H groups in total. The summed E-state index contributed by atoms with van der Waals surface area (Å²) in [6, 6.07) is -1.52. The van der Waals surface area contributed by atoms with Gasteiger partial charge in [-0.15, -0.1) is 0 Å². The van der Waals surface area contributed by atoms with E-state index in [1.165, 1.54) is 0 Å². The number of rotatable bonds is 5. The second-order valence-corrected chi connectivity index (χ2v) is 5.65. The Kier molecular flexibility index (Phi) is 5.79. The zero-order valence-electron chi connectivity index (χ0n) is 12.2. The summed E-state index contributed by atoms with van der Waals surface area (Å²) in [5, 5.41) is 14.2. The minimum Gasteiger partial charge on any atom is -0.480 e. The summed E-state index contributed by atoms with van der Waals surface area (Å²) >= 11 is 0.